The lowest BCUT2D eigenvalue weighted by molar-refractivity contribution is 0.0898. The van der Waals surface area contributed by atoms with E-state index in [4.69, 9.17) is 9.15 Å². The largest absolute Gasteiger partial charge is 0.418 e. The summed E-state index contributed by atoms with van der Waals surface area (Å²) in [4.78, 5) is 0. The summed E-state index contributed by atoms with van der Waals surface area (Å²) >= 11 is 0. The number of rotatable bonds is 5. The Morgan fingerprint density at radius 1 is 0.905 bits per heavy atom. The van der Waals surface area contributed by atoms with Crippen LogP contribution in [0.2, 0.25) is 0 Å². The quantitative estimate of drug-likeness (QED) is 0.718. The van der Waals surface area contributed by atoms with Crippen LogP contribution in [0.15, 0.2) is 59.0 Å². The third-order valence-electron chi connectivity index (χ3n) is 2.90. The van der Waals surface area contributed by atoms with Gasteiger partial charge in [0.25, 0.3) is 0 Å². The van der Waals surface area contributed by atoms with Gasteiger partial charge in [-0.05, 0) is 29.8 Å². The van der Waals surface area contributed by atoms with Crippen LogP contribution >= 0.6 is 0 Å². The summed E-state index contributed by atoms with van der Waals surface area (Å²) in [5.41, 5.74) is 1.76. The van der Waals surface area contributed by atoms with E-state index in [9.17, 15) is 4.39 Å². The maximum atomic E-state index is 12.8. The molecule has 3 aromatic rings. The van der Waals surface area contributed by atoms with E-state index in [2.05, 4.69) is 10.2 Å². The number of hydrogen-bond acceptors (Lipinski definition) is 4. The second kappa shape index (κ2) is 6.28. The van der Waals surface area contributed by atoms with Crippen molar-refractivity contribution < 1.29 is 13.5 Å². The molecule has 1 aromatic heterocycles. The van der Waals surface area contributed by atoms with Crippen LogP contribution in [0.25, 0.3) is 11.5 Å². The first-order chi connectivity index (χ1) is 10.3. The van der Waals surface area contributed by atoms with Crippen LogP contribution in [0.5, 0.6) is 0 Å². The molecule has 0 spiro atoms. The predicted molar refractivity (Wildman–Crippen MR) is 74.6 cm³/mol. The molecule has 0 amide bonds. The summed E-state index contributed by atoms with van der Waals surface area (Å²) < 4.78 is 23.8. The van der Waals surface area contributed by atoms with E-state index in [-0.39, 0.29) is 12.4 Å². The smallest absolute Gasteiger partial charge is 0.247 e. The monoisotopic (exact) mass is 284 g/mol. The molecule has 21 heavy (non-hydrogen) atoms. The van der Waals surface area contributed by atoms with E-state index in [0.717, 1.165) is 5.56 Å². The molecule has 0 atom stereocenters. The fraction of sp³-hybridized carbons (Fsp3) is 0.125. The van der Waals surface area contributed by atoms with Crippen molar-refractivity contribution in [3.8, 4) is 11.5 Å². The lowest BCUT2D eigenvalue weighted by Crippen LogP contribution is -1.94. The number of hydrogen-bond donors (Lipinski definition) is 0. The van der Waals surface area contributed by atoms with E-state index < -0.39 is 0 Å². The first kappa shape index (κ1) is 13.5. The fourth-order valence-corrected chi connectivity index (χ4v) is 1.85. The average Bonchev–Trinajstić information content (AvgIpc) is 2.98. The highest BCUT2D eigenvalue weighted by Gasteiger charge is 2.08. The number of aromatic nitrogens is 2. The third-order valence-corrected chi connectivity index (χ3v) is 2.90. The van der Waals surface area contributed by atoms with Crippen LogP contribution in [0.4, 0.5) is 4.39 Å². The standard InChI is InChI=1S/C16H13FN2O2/c17-14-8-6-13(7-9-14)16-19-18-15(21-16)11-20-10-12-4-2-1-3-5-12/h1-9H,10-11H2. The van der Waals surface area contributed by atoms with Gasteiger partial charge in [0.05, 0.1) is 6.61 Å². The fourth-order valence-electron chi connectivity index (χ4n) is 1.85. The molecule has 0 N–H and O–H groups in total. The van der Waals surface area contributed by atoms with Gasteiger partial charge in [-0.15, -0.1) is 10.2 Å². The number of halogens is 1. The van der Waals surface area contributed by atoms with Gasteiger partial charge in [-0.3, -0.25) is 0 Å². The van der Waals surface area contributed by atoms with Gasteiger partial charge in [-0.1, -0.05) is 30.3 Å². The molecule has 5 heteroatoms. The maximum Gasteiger partial charge on any atom is 0.247 e. The average molecular weight is 284 g/mol. The Bertz CT molecular complexity index is 696. The van der Waals surface area contributed by atoms with Crippen LogP contribution in [-0.2, 0) is 18.0 Å². The van der Waals surface area contributed by atoms with Crippen LogP contribution in [0, 0.1) is 5.82 Å². The zero-order valence-electron chi connectivity index (χ0n) is 11.2. The van der Waals surface area contributed by atoms with Crippen LogP contribution in [0.3, 0.4) is 0 Å². The molecule has 0 aliphatic carbocycles. The van der Waals surface area contributed by atoms with Gasteiger partial charge in [-0.25, -0.2) is 4.39 Å². The van der Waals surface area contributed by atoms with E-state index in [1.165, 1.54) is 12.1 Å². The van der Waals surface area contributed by atoms with Gasteiger partial charge >= 0.3 is 0 Å². The maximum absolute atomic E-state index is 12.8. The van der Waals surface area contributed by atoms with Crippen molar-refractivity contribution in [2.75, 3.05) is 0 Å². The van der Waals surface area contributed by atoms with Crippen LogP contribution < -0.4 is 0 Å². The summed E-state index contributed by atoms with van der Waals surface area (Å²) in [5, 5.41) is 7.83. The summed E-state index contributed by atoms with van der Waals surface area (Å²) in [6, 6.07) is 15.7. The Morgan fingerprint density at radius 3 is 2.43 bits per heavy atom. The van der Waals surface area contributed by atoms with Gasteiger partial charge in [0.15, 0.2) is 0 Å². The van der Waals surface area contributed by atoms with E-state index in [0.29, 0.717) is 24.0 Å². The Hall–Kier alpha value is -2.53. The minimum Gasteiger partial charge on any atom is -0.418 e. The molecular weight excluding hydrogens is 271 g/mol. The molecule has 2 aromatic carbocycles. The van der Waals surface area contributed by atoms with E-state index in [1.54, 1.807) is 12.1 Å². The number of nitrogens with zero attached hydrogens (tertiary/aromatic N) is 2. The highest BCUT2D eigenvalue weighted by Crippen LogP contribution is 2.18. The first-order valence-corrected chi connectivity index (χ1v) is 6.51. The van der Waals surface area contributed by atoms with Gasteiger partial charge in [0.1, 0.15) is 12.4 Å². The van der Waals surface area contributed by atoms with Crippen molar-refractivity contribution in [2.45, 2.75) is 13.2 Å². The molecule has 0 fully saturated rings. The molecular formula is C16H13FN2O2. The van der Waals surface area contributed by atoms with Crippen molar-refractivity contribution in [2.24, 2.45) is 0 Å². The van der Waals surface area contributed by atoms with Crippen LogP contribution in [0.1, 0.15) is 11.5 Å². The zero-order chi connectivity index (χ0) is 14.5. The summed E-state index contributed by atoms with van der Waals surface area (Å²) in [7, 11) is 0. The highest BCUT2D eigenvalue weighted by molar-refractivity contribution is 5.51. The van der Waals surface area contributed by atoms with Gasteiger partial charge in [-0.2, -0.15) is 0 Å². The molecule has 0 unspecified atom stereocenters. The lowest BCUT2D eigenvalue weighted by Gasteiger charge is -2.00. The molecule has 1 heterocycles. The summed E-state index contributed by atoms with van der Waals surface area (Å²) in [5.74, 6) is 0.447. The summed E-state index contributed by atoms with van der Waals surface area (Å²) in [6.07, 6.45) is 0. The second-order valence-corrected chi connectivity index (χ2v) is 4.49. The Balaban J connectivity index is 1.59. The molecule has 0 saturated carbocycles. The van der Waals surface area contributed by atoms with Crippen molar-refractivity contribution in [1.82, 2.24) is 10.2 Å². The molecule has 0 bridgehead atoms. The number of benzene rings is 2. The predicted octanol–water partition coefficient (Wildman–Crippen LogP) is 3.59. The molecule has 0 saturated heterocycles. The van der Waals surface area contributed by atoms with Gasteiger partial charge in [0, 0.05) is 5.56 Å². The molecule has 0 aliphatic heterocycles. The molecule has 0 aliphatic rings. The minimum atomic E-state index is -0.301. The second-order valence-electron chi connectivity index (χ2n) is 4.49. The van der Waals surface area contributed by atoms with Crippen molar-refractivity contribution in [3.63, 3.8) is 0 Å². The summed E-state index contributed by atoms with van der Waals surface area (Å²) in [6.45, 7) is 0.720. The third kappa shape index (κ3) is 3.52. The SMILES string of the molecule is Fc1ccc(-c2nnc(COCc3ccccc3)o2)cc1. The van der Waals surface area contributed by atoms with Gasteiger partial charge < -0.3 is 9.15 Å². The highest BCUT2D eigenvalue weighted by atomic mass is 19.1. The molecule has 0 radical (unpaired) electrons. The van der Waals surface area contributed by atoms with E-state index in [1.807, 2.05) is 30.3 Å². The molecule has 106 valence electrons. The Labute approximate surface area is 121 Å². The first-order valence-electron chi connectivity index (χ1n) is 6.51. The van der Waals surface area contributed by atoms with E-state index >= 15 is 0 Å². The zero-order valence-corrected chi connectivity index (χ0v) is 11.2. The van der Waals surface area contributed by atoms with Crippen molar-refractivity contribution in [3.05, 3.63) is 71.9 Å². The normalized spacial score (nSPS) is 10.7. The lowest BCUT2D eigenvalue weighted by atomic mass is 10.2. The Kier molecular flexibility index (Phi) is 4.02. The minimum absolute atomic E-state index is 0.239. The van der Waals surface area contributed by atoms with Gasteiger partial charge in [0.2, 0.25) is 11.8 Å². The van der Waals surface area contributed by atoms with Crippen molar-refractivity contribution >= 4 is 0 Å². The van der Waals surface area contributed by atoms with Crippen LogP contribution in [-0.4, -0.2) is 10.2 Å². The Morgan fingerprint density at radius 2 is 1.67 bits per heavy atom. The molecule has 3 rings (SSSR count). The topological polar surface area (TPSA) is 48.2 Å². The van der Waals surface area contributed by atoms with Crippen molar-refractivity contribution in [1.29, 1.82) is 0 Å². The molecule has 4 nitrogen and oxygen atoms in total. The number of ether oxygens (including phenoxy) is 1.